The van der Waals surface area contributed by atoms with Crippen molar-refractivity contribution in [3.05, 3.63) is 18.2 Å². The summed E-state index contributed by atoms with van der Waals surface area (Å²) < 4.78 is 11.1. The minimum absolute atomic E-state index is 0.00323. The summed E-state index contributed by atoms with van der Waals surface area (Å²) >= 11 is 0. The van der Waals surface area contributed by atoms with Crippen LogP contribution in [-0.4, -0.2) is 38.1 Å². The van der Waals surface area contributed by atoms with E-state index in [0.717, 1.165) is 0 Å². The molecule has 0 aromatic heterocycles. The number of carbonyl (C=O) groups is 2. The van der Waals surface area contributed by atoms with E-state index in [2.05, 4.69) is 5.32 Å². The first kappa shape index (κ1) is 15.2. The fourth-order valence-electron chi connectivity index (χ4n) is 2.19. The van der Waals surface area contributed by atoms with Gasteiger partial charge >= 0.3 is 0 Å². The van der Waals surface area contributed by atoms with Gasteiger partial charge in [-0.2, -0.15) is 0 Å². The van der Waals surface area contributed by atoms with Gasteiger partial charge in [0, 0.05) is 19.0 Å². The number of anilines is 1. The Morgan fingerprint density at radius 2 is 1.95 bits per heavy atom. The molecule has 1 aliphatic heterocycles. The van der Waals surface area contributed by atoms with Crippen molar-refractivity contribution >= 4 is 17.5 Å². The predicted octanol–water partition coefficient (Wildman–Crippen LogP) is 1.34. The number of hydrogen-bond donors (Lipinski definition) is 1. The number of carbonyl (C=O) groups excluding carboxylic acids is 2. The van der Waals surface area contributed by atoms with Crippen LogP contribution in [0.3, 0.4) is 0 Å². The average molecular weight is 292 g/mol. The highest BCUT2D eigenvalue weighted by atomic mass is 16.5. The van der Waals surface area contributed by atoms with Gasteiger partial charge in [0.05, 0.1) is 25.4 Å². The molecule has 0 radical (unpaired) electrons. The SMILES string of the molecule is CCOc1ccc(OCC)c(N2CCC(=O)NCC2=O)c1. The summed E-state index contributed by atoms with van der Waals surface area (Å²) in [6.07, 6.45) is 0.274. The summed E-state index contributed by atoms with van der Waals surface area (Å²) in [6, 6.07) is 5.38. The van der Waals surface area contributed by atoms with Crippen molar-refractivity contribution < 1.29 is 19.1 Å². The molecule has 1 aromatic rings. The first-order valence-corrected chi connectivity index (χ1v) is 7.12. The topological polar surface area (TPSA) is 67.9 Å². The van der Waals surface area contributed by atoms with E-state index in [9.17, 15) is 9.59 Å². The third kappa shape index (κ3) is 3.65. The van der Waals surface area contributed by atoms with Crippen molar-refractivity contribution in [3.63, 3.8) is 0 Å². The Labute approximate surface area is 124 Å². The maximum atomic E-state index is 12.2. The van der Waals surface area contributed by atoms with E-state index < -0.39 is 0 Å². The summed E-state index contributed by atoms with van der Waals surface area (Å²) in [7, 11) is 0. The normalized spacial score (nSPS) is 15.4. The number of nitrogens with one attached hydrogen (secondary N) is 1. The Hall–Kier alpha value is -2.24. The number of ether oxygens (including phenoxy) is 2. The molecule has 0 spiro atoms. The Morgan fingerprint density at radius 3 is 2.67 bits per heavy atom. The van der Waals surface area contributed by atoms with E-state index >= 15 is 0 Å². The van der Waals surface area contributed by atoms with Gasteiger partial charge < -0.3 is 19.7 Å². The van der Waals surface area contributed by atoms with E-state index in [0.29, 0.717) is 36.9 Å². The Balaban J connectivity index is 2.35. The van der Waals surface area contributed by atoms with Crippen LogP contribution in [0.4, 0.5) is 5.69 Å². The monoisotopic (exact) mass is 292 g/mol. The van der Waals surface area contributed by atoms with E-state index in [1.54, 1.807) is 17.0 Å². The zero-order chi connectivity index (χ0) is 15.2. The van der Waals surface area contributed by atoms with Crippen LogP contribution in [0.2, 0.25) is 0 Å². The molecule has 1 aromatic carbocycles. The molecule has 21 heavy (non-hydrogen) atoms. The molecular weight excluding hydrogens is 272 g/mol. The number of amides is 2. The minimum Gasteiger partial charge on any atom is -0.494 e. The highest BCUT2D eigenvalue weighted by Gasteiger charge is 2.24. The van der Waals surface area contributed by atoms with Gasteiger partial charge in [-0.15, -0.1) is 0 Å². The lowest BCUT2D eigenvalue weighted by Gasteiger charge is -2.23. The highest BCUT2D eigenvalue weighted by Crippen LogP contribution is 2.33. The lowest BCUT2D eigenvalue weighted by atomic mass is 10.2. The molecule has 1 N–H and O–H groups in total. The average Bonchev–Trinajstić information content (AvgIpc) is 2.63. The molecule has 0 saturated carbocycles. The van der Waals surface area contributed by atoms with Crippen LogP contribution < -0.4 is 19.7 Å². The van der Waals surface area contributed by atoms with Crippen LogP contribution in [0.25, 0.3) is 0 Å². The molecule has 0 atom stereocenters. The molecule has 1 aliphatic rings. The predicted molar refractivity (Wildman–Crippen MR) is 78.8 cm³/mol. The first-order chi connectivity index (χ1) is 10.2. The Bertz CT molecular complexity index is 530. The van der Waals surface area contributed by atoms with Crippen molar-refractivity contribution in [1.29, 1.82) is 0 Å². The molecular formula is C15H20N2O4. The van der Waals surface area contributed by atoms with Crippen LogP contribution in [0.5, 0.6) is 11.5 Å². The van der Waals surface area contributed by atoms with E-state index in [1.165, 1.54) is 0 Å². The molecule has 2 rings (SSSR count). The Morgan fingerprint density at radius 1 is 1.19 bits per heavy atom. The van der Waals surface area contributed by atoms with Gasteiger partial charge in [0.1, 0.15) is 11.5 Å². The second-order valence-corrected chi connectivity index (χ2v) is 4.57. The second kappa shape index (κ2) is 6.97. The molecule has 1 saturated heterocycles. The lowest BCUT2D eigenvalue weighted by Crippen LogP contribution is -2.35. The fourth-order valence-corrected chi connectivity index (χ4v) is 2.19. The third-order valence-corrected chi connectivity index (χ3v) is 3.13. The van der Waals surface area contributed by atoms with E-state index in [4.69, 9.17) is 9.47 Å². The number of rotatable bonds is 5. The first-order valence-electron chi connectivity index (χ1n) is 7.12. The number of hydrogen-bond acceptors (Lipinski definition) is 4. The molecule has 6 heteroatoms. The molecule has 1 heterocycles. The standard InChI is InChI=1S/C15H20N2O4/c1-3-20-11-5-6-13(21-4-2)12(9-11)17-8-7-14(18)16-10-15(17)19/h5-6,9H,3-4,7-8,10H2,1-2H3,(H,16,18). The van der Waals surface area contributed by atoms with Crippen molar-refractivity contribution in [2.24, 2.45) is 0 Å². The van der Waals surface area contributed by atoms with Crippen LogP contribution in [-0.2, 0) is 9.59 Å². The molecule has 0 aliphatic carbocycles. The van der Waals surface area contributed by atoms with Crippen molar-refractivity contribution in [3.8, 4) is 11.5 Å². The highest BCUT2D eigenvalue weighted by molar-refractivity contribution is 6.00. The summed E-state index contributed by atoms with van der Waals surface area (Å²) in [4.78, 5) is 25.2. The largest absolute Gasteiger partial charge is 0.494 e. The molecule has 6 nitrogen and oxygen atoms in total. The Kier molecular flexibility index (Phi) is 5.03. The van der Waals surface area contributed by atoms with E-state index in [-0.39, 0.29) is 24.8 Å². The van der Waals surface area contributed by atoms with Crippen molar-refractivity contribution in [1.82, 2.24) is 5.32 Å². The van der Waals surface area contributed by atoms with Crippen LogP contribution >= 0.6 is 0 Å². The molecule has 0 bridgehead atoms. The second-order valence-electron chi connectivity index (χ2n) is 4.57. The fraction of sp³-hybridized carbons (Fsp3) is 0.467. The third-order valence-electron chi connectivity index (χ3n) is 3.13. The van der Waals surface area contributed by atoms with Crippen LogP contribution in [0, 0.1) is 0 Å². The smallest absolute Gasteiger partial charge is 0.246 e. The molecule has 114 valence electrons. The summed E-state index contributed by atoms with van der Waals surface area (Å²) in [5.41, 5.74) is 0.643. The van der Waals surface area contributed by atoms with E-state index in [1.807, 2.05) is 19.9 Å². The number of benzene rings is 1. The number of nitrogens with zero attached hydrogens (tertiary/aromatic N) is 1. The molecule has 2 amide bonds. The van der Waals surface area contributed by atoms with Gasteiger partial charge in [-0.3, -0.25) is 9.59 Å². The van der Waals surface area contributed by atoms with Gasteiger partial charge in [-0.25, -0.2) is 0 Å². The summed E-state index contributed by atoms with van der Waals surface area (Å²) in [5.74, 6) is 1.01. The zero-order valence-corrected chi connectivity index (χ0v) is 12.3. The van der Waals surface area contributed by atoms with Gasteiger partial charge in [-0.1, -0.05) is 0 Å². The van der Waals surface area contributed by atoms with Crippen molar-refractivity contribution in [2.45, 2.75) is 20.3 Å². The quantitative estimate of drug-likeness (QED) is 0.889. The molecule has 0 unspecified atom stereocenters. The van der Waals surface area contributed by atoms with Gasteiger partial charge in [0.2, 0.25) is 11.8 Å². The van der Waals surface area contributed by atoms with Crippen LogP contribution in [0.15, 0.2) is 18.2 Å². The minimum atomic E-state index is -0.157. The maximum absolute atomic E-state index is 12.2. The maximum Gasteiger partial charge on any atom is 0.246 e. The summed E-state index contributed by atoms with van der Waals surface area (Å²) in [5, 5.41) is 2.58. The van der Waals surface area contributed by atoms with Crippen LogP contribution in [0.1, 0.15) is 20.3 Å². The van der Waals surface area contributed by atoms with Gasteiger partial charge in [0.25, 0.3) is 0 Å². The lowest BCUT2D eigenvalue weighted by molar-refractivity contribution is -0.123. The van der Waals surface area contributed by atoms with Gasteiger partial charge in [0.15, 0.2) is 0 Å². The summed E-state index contributed by atoms with van der Waals surface area (Å²) in [6.45, 7) is 5.16. The van der Waals surface area contributed by atoms with Gasteiger partial charge in [-0.05, 0) is 26.0 Å². The van der Waals surface area contributed by atoms with Crippen molar-refractivity contribution in [2.75, 3.05) is 31.2 Å². The zero-order valence-electron chi connectivity index (χ0n) is 12.3. The molecule has 1 fully saturated rings.